The zero-order chi connectivity index (χ0) is 24.4. The molecule has 3 heterocycles. The predicted octanol–water partition coefficient (Wildman–Crippen LogP) is 4.60. The normalized spacial score (nSPS) is 13.5. The van der Waals surface area contributed by atoms with Gasteiger partial charge in [-0.3, -0.25) is 14.7 Å². The van der Waals surface area contributed by atoms with Crippen molar-refractivity contribution < 1.29 is 19.0 Å². The summed E-state index contributed by atoms with van der Waals surface area (Å²) in [6.45, 7) is 0.0664. The number of fused-ring (bicyclic) bond motifs is 1. The van der Waals surface area contributed by atoms with Crippen molar-refractivity contribution in [3.8, 4) is 17.0 Å². The van der Waals surface area contributed by atoms with Crippen molar-refractivity contribution >= 4 is 17.5 Å². The van der Waals surface area contributed by atoms with Gasteiger partial charge in [0.2, 0.25) is 0 Å². The van der Waals surface area contributed by atoms with Gasteiger partial charge in [-0.1, -0.05) is 42.5 Å². The number of pyridine rings is 2. The Hall–Kier alpha value is -4.30. The van der Waals surface area contributed by atoms with Gasteiger partial charge in [-0.05, 0) is 35.9 Å². The number of nitrogens with one attached hydrogen (secondary N) is 1. The van der Waals surface area contributed by atoms with Crippen LogP contribution in [0.3, 0.4) is 0 Å². The Morgan fingerprint density at radius 3 is 2.66 bits per heavy atom. The highest BCUT2D eigenvalue weighted by atomic mass is 19.1. The topological polar surface area (TPSA) is 87.6 Å². The van der Waals surface area contributed by atoms with E-state index in [0.717, 1.165) is 5.56 Å². The molecule has 0 radical (unpaired) electrons. The van der Waals surface area contributed by atoms with Crippen molar-refractivity contribution in [2.75, 3.05) is 23.9 Å². The molecule has 0 fully saturated rings. The largest absolute Gasteiger partial charge is 0.496 e. The lowest BCUT2D eigenvalue weighted by molar-refractivity contribution is 0.0996. The summed E-state index contributed by atoms with van der Waals surface area (Å²) in [7, 11) is 1.47. The SMILES string of the molecule is COc1cccc(F)c1-c1nccc2c1CN(c1cccc(NC(CO)c3ccccc3)n1)C2=O. The average molecular weight is 471 g/mol. The second-order valence-electron chi connectivity index (χ2n) is 8.07. The number of nitrogens with zero attached hydrogens (tertiary/aromatic N) is 3. The standard InChI is InChI=1S/C27H23FN4O3/c1-35-22-10-5-9-20(28)25(22)26-19-15-32(27(34)18(19)13-14-29-26)24-12-6-11-23(31-24)30-21(16-33)17-7-3-2-4-8-17/h2-14,21,33H,15-16H2,1H3,(H,30,31). The second kappa shape index (κ2) is 9.52. The third-order valence-corrected chi connectivity index (χ3v) is 6.00. The number of carbonyl (C=O) groups is 1. The zero-order valence-corrected chi connectivity index (χ0v) is 19.0. The van der Waals surface area contributed by atoms with E-state index in [1.807, 2.05) is 30.3 Å². The van der Waals surface area contributed by atoms with Gasteiger partial charge in [0.05, 0.1) is 37.6 Å². The minimum atomic E-state index is -0.476. The van der Waals surface area contributed by atoms with E-state index in [1.165, 1.54) is 24.3 Å². The van der Waals surface area contributed by atoms with Crippen LogP contribution in [-0.4, -0.2) is 34.7 Å². The number of aromatic nitrogens is 2. The summed E-state index contributed by atoms with van der Waals surface area (Å²) >= 11 is 0. The molecule has 2 N–H and O–H groups in total. The minimum Gasteiger partial charge on any atom is -0.496 e. The lowest BCUT2D eigenvalue weighted by Gasteiger charge is -2.20. The number of benzene rings is 2. The molecule has 1 unspecified atom stereocenters. The van der Waals surface area contributed by atoms with Crippen molar-refractivity contribution in [2.45, 2.75) is 12.6 Å². The fourth-order valence-electron chi connectivity index (χ4n) is 4.29. The first-order valence-electron chi connectivity index (χ1n) is 11.1. The fourth-order valence-corrected chi connectivity index (χ4v) is 4.29. The number of ether oxygens (including phenoxy) is 1. The summed E-state index contributed by atoms with van der Waals surface area (Å²) in [4.78, 5) is 23.9. The smallest absolute Gasteiger partial charge is 0.260 e. The van der Waals surface area contributed by atoms with E-state index in [-0.39, 0.29) is 30.7 Å². The van der Waals surface area contributed by atoms with E-state index in [1.54, 1.807) is 36.4 Å². The van der Waals surface area contributed by atoms with Crippen LogP contribution in [0.15, 0.2) is 79.0 Å². The molecular formula is C27H23FN4O3. The zero-order valence-electron chi connectivity index (χ0n) is 19.0. The molecule has 35 heavy (non-hydrogen) atoms. The first-order chi connectivity index (χ1) is 17.1. The summed E-state index contributed by atoms with van der Waals surface area (Å²) < 4.78 is 20.2. The van der Waals surface area contributed by atoms with E-state index >= 15 is 0 Å². The van der Waals surface area contributed by atoms with Crippen LogP contribution in [0.2, 0.25) is 0 Å². The molecule has 5 rings (SSSR count). The van der Waals surface area contributed by atoms with Crippen LogP contribution in [0.25, 0.3) is 11.3 Å². The summed E-state index contributed by atoms with van der Waals surface area (Å²) in [5.41, 5.74) is 2.56. The Labute approximate surface area is 201 Å². The average Bonchev–Trinajstić information content (AvgIpc) is 3.24. The van der Waals surface area contributed by atoms with Gasteiger partial charge in [-0.2, -0.15) is 0 Å². The molecule has 0 aliphatic carbocycles. The van der Waals surface area contributed by atoms with Crippen molar-refractivity contribution in [3.05, 3.63) is 102 Å². The Morgan fingerprint density at radius 2 is 1.89 bits per heavy atom. The van der Waals surface area contributed by atoms with Crippen molar-refractivity contribution in [3.63, 3.8) is 0 Å². The molecule has 2 aromatic heterocycles. The molecular weight excluding hydrogens is 447 g/mol. The number of methoxy groups -OCH3 is 1. The maximum atomic E-state index is 14.8. The van der Waals surface area contributed by atoms with Gasteiger partial charge in [0.25, 0.3) is 5.91 Å². The first kappa shape index (κ1) is 22.5. The predicted molar refractivity (Wildman–Crippen MR) is 131 cm³/mol. The van der Waals surface area contributed by atoms with E-state index in [4.69, 9.17) is 4.74 Å². The first-order valence-corrected chi connectivity index (χ1v) is 11.1. The number of amides is 1. The number of hydrogen-bond donors (Lipinski definition) is 2. The number of carbonyl (C=O) groups excluding carboxylic acids is 1. The van der Waals surface area contributed by atoms with Crippen LogP contribution in [0.4, 0.5) is 16.0 Å². The molecule has 1 amide bonds. The van der Waals surface area contributed by atoms with Crippen LogP contribution in [0.5, 0.6) is 5.75 Å². The highest BCUT2D eigenvalue weighted by Gasteiger charge is 2.33. The van der Waals surface area contributed by atoms with Crippen LogP contribution >= 0.6 is 0 Å². The van der Waals surface area contributed by atoms with E-state index in [2.05, 4.69) is 15.3 Å². The van der Waals surface area contributed by atoms with Crippen molar-refractivity contribution in [1.29, 1.82) is 0 Å². The Bertz CT molecular complexity index is 1380. The van der Waals surface area contributed by atoms with Gasteiger partial charge in [0.1, 0.15) is 23.2 Å². The quantitative estimate of drug-likeness (QED) is 0.411. The third kappa shape index (κ3) is 4.20. The van der Waals surface area contributed by atoms with Crippen LogP contribution in [-0.2, 0) is 6.54 Å². The molecule has 1 atom stereocenters. The van der Waals surface area contributed by atoms with Crippen LogP contribution < -0.4 is 15.0 Å². The molecule has 8 heteroatoms. The van der Waals surface area contributed by atoms with Gasteiger partial charge >= 0.3 is 0 Å². The molecule has 176 valence electrons. The van der Waals surface area contributed by atoms with Gasteiger partial charge in [0, 0.05) is 17.3 Å². The molecule has 2 aromatic carbocycles. The number of aliphatic hydroxyl groups is 1. The number of anilines is 2. The summed E-state index contributed by atoms with van der Waals surface area (Å²) in [6.07, 6.45) is 1.50. The van der Waals surface area contributed by atoms with Crippen molar-refractivity contribution in [1.82, 2.24) is 9.97 Å². The highest BCUT2D eigenvalue weighted by molar-refractivity contribution is 6.10. The number of rotatable bonds is 7. The maximum absolute atomic E-state index is 14.8. The molecule has 0 bridgehead atoms. The number of aliphatic hydroxyl groups excluding tert-OH is 1. The summed E-state index contributed by atoms with van der Waals surface area (Å²) in [5, 5.41) is 13.1. The van der Waals surface area contributed by atoms with Crippen molar-refractivity contribution in [2.24, 2.45) is 0 Å². The monoisotopic (exact) mass is 470 g/mol. The van der Waals surface area contributed by atoms with Gasteiger partial charge in [0.15, 0.2) is 0 Å². The number of hydrogen-bond acceptors (Lipinski definition) is 6. The fraction of sp³-hybridized carbons (Fsp3) is 0.148. The molecule has 0 saturated carbocycles. The van der Waals surface area contributed by atoms with E-state index in [9.17, 15) is 14.3 Å². The van der Waals surface area contributed by atoms with E-state index in [0.29, 0.717) is 34.2 Å². The van der Waals surface area contributed by atoms with Crippen LogP contribution in [0.1, 0.15) is 27.5 Å². The molecule has 1 aliphatic rings. The summed E-state index contributed by atoms with van der Waals surface area (Å²) in [5.74, 6) is 0.578. The summed E-state index contributed by atoms with van der Waals surface area (Å²) in [6, 6.07) is 20.7. The lowest BCUT2D eigenvalue weighted by Crippen LogP contribution is -2.24. The molecule has 1 aliphatic heterocycles. The highest BCUT2D eigenvalue weighted by Crippen LogP contribution is 2.38. The van der Waals surface area contributed by atoms with Gasteiger partial charge in [-0.15, -0.1) is 0 Å². The second-order valence-corrected chi connectivity index (χ2v) is 8.07. The maximum Gasteiger partial charge on any atom is 0.260 e. The van der Waals surface area contributed by atoms with E-state index < -0.39 is 5.82 Å². The molecule has 4 aromatic rings. The lowest BCUT2D eigenvalue weighted by atomic mass is 10.0. The Morgan fingerprint density at radius 1 is 1.09 bits per heavy atom. The molecule has 0 spiro atoms. The van der Waals surface area contributed by atoms with Crippen LogP contribution in [0, 0.1) is 5.82 Å². The third-order valence-electron chi connectivity index (χ3n) is 6.00. The number of halogens is 1. The van der Waals surface area contributed by atoms with Gasteiger partial charge < -0.3 is 15.2 Å². The molecule has 7 nitrogen and oxygen atoms in total. The Kier molecular flexibility index (Phi) is 6.12. The Balaban J connectivity index is 1.47. The van der Waals surface area contributed by atoms with Gasteiger partial charge in [-0.25, -0.2) is 9.37 Å². The minimum absolute atomic E-state index is 0.122. The molecule has 0 saturated heterocycles.